The van der Waals surface area contributed by atoms with Gasteiger partial charge in [0.2, 0.25) is 0 Å². The van der Waals surface area contributed by atoms with Gasteiger partial charge in [-0.3, -0.25) is 0 Å². The molecule has 0 aliphatic heterocycles. The minimum absolute atomic E-state index is 0.278. The molecule has 0 heterocycles. The fourth-order valence-electron chi connectivity index (χ4n) is 2.44. The molecule has 0 N–H and O–H groups in total. The quantitative estimate of drug-likeness (QED) is 0.321. The van der Waals surface area contributed by atoms with Crippen LogP contribution in [0.4, 0.5) is 0 Å². The van der Waals surface area contributed by atoms with Crippen LogP contribution in [0.2, 0.25) is 10.4 Å². The maximum Gasteiger partial charge on any atom is 0.137 e. The Morgan fingerprint density at radius 2 is 0.786 bits per heavy atom. The first-order valence-electron chi connectivity index (χ1n) is 5.50. The third kappa shape index (κ3) is 1.33. The molecule has 0 unspecified atom stereocenters. The molecule has 14 heavy (non-hydrogen) atoms. The summed E-state index contributed by atoms with van der Waals surface area (Å²) in [5, 5.41) is 0.557. The third-order valence-corrected chi connectivity index (χ3v) is 5.12. The summed E-state index contributed by atoms with van der Waals surface area (Å²) in [6.45, 7) is 0. The van der Waals surface area contributed by atoms with Crippen LogP contribution < -0.4 is 0 Å². The summed E-state index contributed by atoms with van der Waals surface area (Å²) in [6, 6.07) is 0. The number of rotatable bonds is 0. The van der Waals surface area contributed by atoms with E-state index in [4.69, 9.17) is 0 Å². The first kappa shape index (κ1) is 12.1. The summed E-state index contributed by atoms with van der Waals surface area (Å²) in [4.78, 5) is 0. The van der Waals surface area contributed by atoms with Gasteiger partial charge in [-0.1, -0.05) is 10.4 Å². The zero-order chi connectivity index (χ0) is 11.3. The highest BCUT2D eigenvalue weighted by Crippen LogP contribution is 2.55. The monoisotopic (exact) mass is 176 g/mol. The summed E-state index contributed by atoms with van der Waals surface area (Å²) < 4.78 is 0. The van der Waals surface area contributed by atoms with Crippen molar-refractivity contribution < 1.29 is 0 Å². The highest BCUT2D eigenvalue weighted by molar-refractivity contribution is 6.65. The van der Waals surface area contributed by atoms with Crippen LogP contribution in [-0.2, 0) is 0 Å². The highest BCUT2D eigenvalue weighted by Gasteiger charge is 2.41. The van der Waals surface area contributed by atoms with E-state index in [0.29, 0.717) is 0 Å². The molecule has 0 aromatic rings. The Morgan fingerprint density at radius 3 is 1.00 bits per heavy atom. The third-order valence-electron chi connectivity index (χ3n) is 5.12. The lowest BCUT2D eigenvalue weighted by molar-refractivity contribution is 0.824. The summed E-state index contributed by atoms with van der Waals surface area (Å²) in [6.07, 6.45) is 0. The Balaban J connectivity index is 3.48. The lowest BCUT2D eigenvalue weighted by atomic mass is 9.20. The molecule has 0 spiro atoms. The van der Waals surface area contributed by atoms with E-state index in [1.807, 2.05) is 0 Å². The highest BCUT2D eigenvalue weighted by atomic mass is 14.3. The van der Waals surface area contributed by atoms with E-state index in [0.717, 1.165) is 0 Å². The molecule has 0 aromatic carbocycles. The molecule has 0 saturated carbocycles. The molecule has 0 nitrogen and oxygen atoms in total. The van der Waals surface area contributed by atoms with Crippen LogP contribution >= 0.6 is 0 Å². The zero-order valence-corrected chi connectivity index (χ0v) is 11.0. The minimum atomic E-state index is 0.278. The average Bonchev–Trinajstić information content (AvgIpc) is 2.10. The van der Waals surface area contributed by atoms with Crippen LogP contribution in [-0.4, -0.2) is 62.8 Å². The fourth-order valence-corrected chi connectivity index (χ4v) is 2.44. The van der Waals surface area contributed by atoms with Gasteiger partial charge in [0.05, 0.1) is 0 Å². The lowest BCUT2D eigenvalue weighted by Gasteiger charge is -2.51. The largest absolute Gasteiger partial charge is 0.137 e. The van der Waals surface area contributed by atoms with Gasteiger partial charge < -0.3 is 0 Å². The smallest absolute Gasteiger partial charge is 0.126 e. The van der Waals surface area contributed by atoms with E-state index in [1.54, 1.807) is 10.9 Å². The Morgan fingerprint density at radius 1 is 0.571 bits per heavy atom. The zero-order valence-electron chi connectivity index (χ0n) is 11.0. The molecule has 0 radical (unpaired) electrons. The minimum Gasteiger partial charge on any atom is -0.126 e. The predicted octanol–water partition coefficient (Wildman–Crippen LogP) is -6.28. The van der Waals surface area contributed by atoms with Crippen molar-refractivity contribution in [2.24, 2.45) is 0 Å². The molecule has 0 fully saturated rings. The van der Waals surface area contributed by atoms with Crippen LogP contribution in [0, 0.1) is 0 Å². The molecule has 1 aliphatic rings. The first-order chi connectivity index (χ1) is 6.14. The van der Waals surface area contributed by atoms with Crippen molar-refractivity contribution in [1.29, 1.82) is 0 Å². The van der Waals surface area contributed by atoms with Crippen molar-refractivity contribution in [2.45, 2.75) is 10.4 Å². The van der Waals surface area contributed by atoms with Gasteiger partial charge in [-0.05, 0) is 0 Å². The molecule has 0 bridgehead atoms. The van der Waals surface area contributed by atoms with Gasteiger partial charge in [0, 0.05) is 0 Å². The Bertz CT molecular complexity index is 302. The van der Waals surface area contributed by atoms with Gasteiger partial charge in [-0.15, -0.1) is 21.9 Å². The maximum atomic E-state index is 2.36. The summed E-state index contributed by atoms with van der Waals surface area (Å²) in [7, 11) is 18.5. The van der Waals surface area contributed by atoms with Crippen LogP contribution in [0.5, 0.6) is 0 Å². The van der Waals surface area contributed by atoms with Gasteiger partial charge in [-0.2, -0.15) is 0 Å². The van der Waals surface area contributed by atoms with E-state index in [9.17, 15) is 0 Å². The number of hydrogen-bond acceptors (Lipinski definition) is 0. The maximum absolute atomic E-state index is 2.36. The Kier molecular flexibility index (Phi) is 2.80. The molecular formula is C6H16B8. The fraction of sp³-hybridized carbons (Fsp3) is 0.333. The first-order valence-corrected chi connectivity index (χ1v) is 5.50. The van der Waals surface area contributed by atoms with Crippen molar-refractivity contribution in [3.05, 3.63) is 21.9 Å². The molecule has 0 aromatic heterocycles. The van der Waals surface area contributed by atoms with Crippen molar-refractivity contribution in [3.8, 4) is 0 Å². The molecule has 0 amide bonds. The van der Waals surface area contributed by atoms with E-state index in [2.05, 4.69) is 62.8 Å². The van der Waals surface area contributed by atoms with E-state index >= 15 is 0 Å². The lowest BCUT2D eigenvalue weighted by Crippen LogP contribution is -2.40. The molecule has 64 valence electrons. The summed E-state index contributed by atoms with van der Waals surface area (Å²) in [5.74, 6) is 0. The standard InChI is InChI=1S/C6H16B8/c7-1-2(8)4(10)6(13,14)5(11,12)3(1)9/h7-14H2. The summed E-state index contributed by atoms with van der Waals surface area (Å²) in [5.41, 5.74) is 6.08. The van der Waals surface area contributed by atoms with Crippen LogP contribution in [0.25, 0.3) is 0 Å². The average molecular weight is 175 g/mol. The Labute approximate surface area is 95.4 Å². The SMILES string of the molecule is BC1=C(B)C(B)(B)C(B)(B)C(B)=C1B. The van der Waals surface area contributed by atoms with E-state index < -0.39 is 0 Å². The van der Waals surface area contributed by atoms with Crippen LogP contribution in [0.1, 0.15) is 0 Å². The van der Waals surface area contributed by atoms with Crippen molar-refractivity contribution in [2.75, 3.05) is 0 Å². The predicted molar refractivity (Wildman–Crippen MR) is 87.8 cm³/mol. The van der Waals surface area contributed by atoms with Crippen LogP contribution in [0.3, 0.4) is 0 Å². The van der Waals surface area contributed by atoms with Gasteiger partial charge >= 0.3 is 0 Å². The molecular weight excluding hydrogens is 159 g/mol. The normalized spacial score (nSPS) is 25.1. The van der Waals surface area contributed by atoms with Crippen LogP contribution in [0.15, 0.2) is 21.9 Å². The summed E-state index contributed by atoms with van der Waals surface area (Å²) >= 11 is 0. The van der Waals surface area contributed by atoms with Gasteiger partial charge in [0.25, 0.3) is 0 Å². The van der Waals surface area contributed by atoms with E-state index in [1.165, 1.54) is 10.9 Å². The molecule has 0 saturated heterocycles. The molecule has 8 heteroatoms. The van der Waals surface area contributed by atoms with Crippen molar-refractivity contribution in [1.82, 2.24) is 0 Å². The topological polar surface area (TPSA) is 0 Å². The second-order valence-electron chi connectivity index (χ2n) is 5.75. The van der Waals surface area contributed by atoms with Crippen molar-refractivity contribution >= 4 is 62.8 Å². The molecule has 1 rings (SSSR count). The van der Waals surface area contributed by atoms with Gasteiger partial charge in [-0.25, -0.2) is 0 Å². The molecule has 0 atom stereocenters. The second kappa shape index (κ2) is 3.25. The second-order valence-corrected chi connectivity index (χ2v) is 5.75. The van der Waals surface area contributed by atoms with Crippen molar-refractivity contribution in [3.63, 3.8) is 0 Å². The van der Waals surface area contributed by atoms with E-state index in [-0.39, 0.29) is 10.4 Å². The number of hydrogen-bond donors (Lipinski definition) is 0. The Hall–Kier alpha value is -0.000519. The van der Waals surface area contributed by atoms with Gasteiger partial charge in [0.15, 0.2) is 0 Å². The van der Waals surface area contributed by atoms with Gasteiger partial charge in [0.1, 0.15) is 62.8 Å². The molecule has 1 aliphatic carbocycles. The number of allylic oxidation sites excluding steroid dienone is 4.